The van der Waals surface area contributed by atoms with Gasteiger partial charge in [-0.25, -0.2) is 4.98 Å². The van der Waals surface area contributed by atoms with Crippen LogP contribution in [-0.4, -0.2) is 33.9 Å². The number of rotatable bonds is 5. The van der Waals surface area contributed by atoms with Crippen LogP contribution >= 0.6 is 0 Å². The van der Waals surface area contributed by atoms with Gasteiger partial charge in [0.25, 0.3) is 0 Å². The summed E-state index contributed by atoms with van der Waals surface area (Å²) in [5, 5.41) is 19.4. The second-order valence-electron chi connectivity index (χ2n) is 4.22. The normalized spacial score (nSPS) is 14.6. The van der Waals surface area contributed by atoms with Crippen LogP contribution in [0.15, 0.2) is 12.3 Å². The fourth-order valence-electron chi connectivity index (χ4n) is 1.60. The van der Waals surface area contributed by atoms with Crippen molar-refractivity contribution in [3.8, 4) is 0 Å². The van der Waals surface area contributed by atoms with Gasteiger partial charge in [-0.15, -0.1) is 0 Å². The van der Waals surface area contributed by atoms with Crippen molar-refractivity contribution in [1.82, 2.24) is 4.98 Å². The number of carbonyl (C=O) groups is 1. The molecule has 0 saturated heterocycles. The lowest BCUT2D eigenvalue weighted by atomic mass is 10.0. The second kappa shape index (κ2) is 6.72. The van der Waals surface area contributed by atoms with Gasteiger partial charge >= 0.3 is 12.1 Å². The molecule has 0 bridgehead atoms. The summed E-state index contributed by atoms with van der Waals surface area (Å²) in [4.78, 5) is 14.5. The number of ether oxygens (including phenoxy) is 1. The van der Waals surface area contributed by atoms with Crippen molar-refractivity contribution >= 4 is 11.8 Å². The maximum absolute atomic E-state index is 12.7. The largest absolute Gasteiger partial charge is 0.466 e. The van der Waals surface area contributed by atoms with Gasteiger partial charge in [0.05, 0.1) is 24.7 Å². The third-order valence-electron chi connectivity index (χ3n) is 2.63. The molecule has 0 radical (unpaired) electrons. The van der Waals surface area contributed by atoms with Gasteiger partial charge in [0.15, 0.2) is 0 Å². The van der Waals surface area contributed by atoms with Gasteiger partial charge in [-0.3, -0.25) is 4.79 Å². The fraction of sp³-hybridized carbons (Fsp3) is 0.500. The summed E-state index contributed by atoms with van der Waals surface area (Å²) in [6, 6.07) is 0.585. The van der Waals surface area contributed by atoms with E-state index in [1.807, 2.05) is 0 Å². The van der Waals surface area contributed by atoms with E-state index in [0.717, 1.165) is 6.20 Å². The molecule has 0 spiro atoms. The highest BCUT2D eigenvalue weighted by Crippen LogP contribution is 2.34. The molecule has 9 heteroatoms. The molecule has 0 aromatic carbocycles. The zero-order chi connectivity index (χ0) is 16.2. The molecule has 0 amide bonds. The Labute approximate surface area is 118 Å². The molecule has 2 atom stereocenters. The first-order valence-corrected chi connectivity index (χ1v) is 6.01. The van der Waals surface area contributed by atoms with E-state index in [9.17, 15) is 28.2 Å². The number of nitrogen functional groups attached to an aromatic ring is 1. The predicted octanol–water partition coefficient (Wildman–Crippen LogP) is 1.03. The molecule has 4 N–H and O–H groups in total. The van der Waals surface area contributed by atoms with Crippen LogP contribution < -0.4 is 5.73 Å². The van der Waals surface area contributed by atoms with Crippen LogP contribution in [0.5, 0.6) is 0 Å². The molecule has 1 aromatic heterocycles. The van der Waals surface area contributed by atoms with Crippen molar-refractivity contribution in [2.75, 3.05) is 12.3 Å². The van der Waals surface area contributed by atoms with Crippen molar-refractivity contribution < 1.29 is 32.9 Å². The van der Waals surface area contributed by atoms with E-state index >= 15 is 0 Å². The van der Waals surface area contributed by atoms with Crippen LogP contribution in [0.3, 0.4) is 0 Å². The Morgan fingerprint density at radius 2 is 2.10 bits per heavy atom. The minimum Gasteiger partial charge on any atom is -0.466 e. The van der Waals surface area contributed by atoms with E-state index in [0.29, 0.717) is 6.07 Å². The lowest BCUT2D eigenvalue weighted by Crippen LogP contribution is -2.24. The quantitative estimate of drug-likeness (QED) is 0.702. The summed E-state index contributed by atoms with van der Waals surface area (Å²) in [5.41, 5.74) is 3.60. The van der Waals surface area contributed by atoms with Crippen LogP contribution in [0.4, 0.5) is 19.0 Å². The van der Waals surface area contributed by atoms with Gasteiger partial charge in [0.2, 0.25) is 0 Å². The topological polar surface area (TPSA) is 106 Å². The highest BCUT2D eigenvalue weighted by molar-refractivity contribution is 5.70. The molecule has 0 aliphatic carbocycles. The van der Waals surface area contributed by atoms with Gasteiger partial charge in [0.1, 0.15) is 11.9 Å². The lowest BCUT2D eigenvalue weighted by Gasteiger charge is -2.19. The van der Waals surface area contributed by atoms with E-state index in [-0.39, 0.29) is 12.2 Å². The standard InChI is InChI=1S/C12H15F3N2O4/c1-2-21-9(19)4-8(18)10(20)6-3-7(12(13,14)15)11(16)17-5-6/h3,5,8,10,18,20H,2,4H2,1H3,(H2,16,17). The first-order chi connectivity index (χ1) is 9.66. The van der Waals surface area contributed by atoms with Crippen LogP contribution in [0.2, 0.25) is 0 Å². The summed E-state index contributed by atoms with van der Waals surface area (Å²) >= 11 is 0. The summed E-state index contributed by atoms with van der Waals surface area (Å²) in [6.45, 7) is 1.64. The van der Waals surface area contributed by atoms with E-state index in [4.69, 9.17) is 5.73 Å². The van der Waals surface area contributed by atoms with Crippen molar-refractivity contribution in [3.63, 3.8) is 0 Å². The third kappa shape index (κ3) is 4.57. The molecule has 1 heterocycles. The summed E-state index contributed by atoms with van der Waals surface area (Å²) in [5.74, 6) is -1.51. The van der Waals surface area contributed by atoms with Crippen LogP contribution in [0.25, 0.3) is 0 Å². The van der Waals surface area contributed by atoms with Gasteiger partial charge in [-0.1, -0.05) is 0 Å². The number of hydrogen-bond donors (Lipinski definition) is 3. The fourth-order valence-corrected chi connectivity index (χ4v) is 1.60. The number of aliphatic hydroxyl groups is 2. The Hall–Kier alpha value is -1.87. The smallest absolute Gasteiger partial charge is 0.419 e. The predicted molar refractivity (Wildman–Crippen MR) is 65.9 cm³/mol. The van der Waals surface area contributed by atoms with Crippen molar-refractivity contribution in [1.29, 1.82) is 0 Å². The monoisotopic (exact) mass is 308 g/mol. The minimum absolute atomic E-state index is 0.0866. The SMILES string of the molecule is CCOC(=O)CC(O)C(O)c1cnc(N)c(C(F)(F)F)c1. The molecule has 118 valence electrons. The average Bonchev–Trinajstić information content (AvgIpc) is 2.37. The number of esters is 1. The van der Waals surface area contributed by atoms with Crippen LogP contribution in [0.1, 0.15) is 30.6 Å². The maximum atomic E-state index is 12.7. The van der Waals surface area contributed by atoms with E-state index in [2.05, 4.69) is 9.72 Å². The van der Waals surface area contributed by atoms with Gasteiger partial charge in [-0.2, -0.15) is 13.2 Å². The third-order valence-corrected chi connectivity index (χ3v) is 2.63. The van der Waals surface area contributed by atoms with Crippen molar-refractivity contribution in [2.24, 2.45) is 0 Å². The number of aliphatic hydroxyl groups excluding tert-OH is 2. The first-order valence-electron chi connectivity index (χ1n) is 6.01. The molecule has 0 aliphatic rings. The number of alkyl halides is 3. The molecule has 0 saturated carbocycles. The molecule has 1 rings (SSSR count). The van der Waals surface area contributed by atoms with Crippen molar-refractivity contribution in [3.05, 3.63) is 23.4 Å². The molecule has 2 unspecified atom stereocenters. The van der Waals surface area contributed by atoms with E-state index in [1.165, 1.54) is 0 Å². The van der Waals surface area contributed by atoms with E-state index in [1.54, 1.807) is 6.92 Å². The lowest BCUT2D eigenvalue weighted by molar-refractivity contribution is -0.147. The van der Waals surface area contributed by atoms with Crippen molar-refractivity contribution in [2.45, 2.75) is 31.7 Å². The number of anilines is 1. The number of hydrogen-bond acceptors (Lipinski definition) is 6. The highest BCUT2D eigenvalue weighted by Gasteiger charge is 2.35. The second-order valence-corrected chi connectivity index (χ2v) is 4.22. The first kappa shape index (κ1) is 17.2. The minimum atomic E-state index is -4.74. The Morgan fingerprint density at radius 3 is 2.62 bits per heavy atom. The molecule has 6 nitrogen and oxygen atoms in total. The summed E-state index contributed by atoms with van der Waals surface area (Å²) < 4.78 is 42.6. The van der Waals surface area contributed by atoms with Gasteiger partial charge < -0.3 is 20.7 Å². The Morgan fingerprint density at radius 1 is 1.48 bits per heavy atom. The average molecular weight is 308 g/mol. The summed E-state index contributed by atoms with van der Waals surface area (Å²) in [6.07, 6.45) is -7.72. The Bertz CT molecular complexity index is 508. The maximum Gasteiger partial charge on any atom is 0.419 e. The van der Waals surface area contributed by atoms with E-state index < -0.39 is 42.2 Å². The van der Waals surface area contributed by atoms with Crippen LogP contribution in [0, 0.1) is 0 Å². The molecule has 0 fully saturated rings. The number of nitrogens with two attached hydrogens (primary N) is 1. The number of pyridine rings is 1. The van der Waals surface area contributed by atoms with Gasteiger partial charge in [-0.05, 0) is 13.0 Å². The highest BCUT2D eigenvalue weighted by atomic mass is 19.4. The number of nitrogens with zero attached hydrogens (tertiary/aromatic N) is 1. The Balaban J connectivity index is 2.92. The molecular formula is C12H15F3N2O4. The Kier molecular flexibility index (Phi) is 5.50. The number of carbonyl (C=O) groups excluding carboxylic acids is 1. The molecular weight excluding hydrogens is 293 g/mol. The summed E-state index contributed by atoms with van der Waals surface area (Å²) in [7, 11) is 0. The molecule has 21 heavy (non-hydrogen) atoms. The molecule has 0 aliphatic heterocycles. The number of halogens is 3. The zero-order valence-electron chi connectivity index (χ0n) is 11.1. The molecule has 1 aromatic rings. The zero-order valence-corrected chi connectivity index (χ0v) is 11.1. The van der Waals surface area contributed by atoms with Crippen LogP contribution in [-0.2, 0) is 15.7 Å². The number of aromatic nitrogens is 1. The van der Waals surface area contributed by atoms with Gasteiger partial charge in [0, 0.05) is 11.8 Å².